The number of carbonyl (C=O) groups is 1. The van der Waals surface area contributed by atoms with Crippen molar-refractivity contribution in [2.75, 3.05) is 23.4 Å². The Hall–Kier alpha value is -1.28. The van der Waals surface area contributed by atoms with Gasteiger partial charge in [-0.05, 0) is 17.7 Å². The first-order chi connectivity index (χ1) is 10.8. The second-order valence-corrected chi connectivity index (χ2v) is 6.42. The predicted molar refractivity (Wildman–Crippen MR) is 102 cm³/mol. The third kappa shape index (κ3) is 6.32. The largest absolute Gasteiger partial charge is 0.326 e. The summed E-state index contributed by atoms with van der Waals surface area (Å²) in [6, 6.07) is 8.11. The molecule has 1 aromatic heterocycles. The summed E-state index contributed by atoms with van der Waals surface area (Å²) in [6.07, 6.45) is 3.71. The minimum Gasteiger partial charge on any atom is -0.326 e. The average Bonchev–Trinajstić information content (AvgIpc) is 3.01. The van der Waals surface area contributed by atoms with Crippen molar-refractivity contribution in [3.8, 4) is 0 Å². The van der Waals surface area contributed by atoms with Crippen molar-refractivity contribution >= 4 is 48.2 Å². The van der Waals surface area contributed by atoms with Gasteiger partial charge in [0.25, 0.3) is 0 Å². The first kappa shape index (κ1) is 20.8. The number of nitrogens with zero attached hydrogens (tertiary/aromatic N) is 3. The van der Waals surface area contributed by atoms with Gasteiger partial charge in [0.05, 0.1) is 6.54 Å². The highest BCUT2D eigenvalue weighted by Gasteiger charge is 2.16. The van der Waals surface area contributed by atoms with Crippen LogP contribution in [0.5, 0.6) is 0 Å². The van der Waals surface area contributed by atoms with E-state index in [2.05, 4.69) is 20.7 Å². The lowest BCUT2D eigenvalue weighted by molar-refractivity contribution is -0.116. The molecular weight excluding hydrogens is 369 g/mol. The van der Waals surface area contributed by atoms with E-state index >= 15 is 0 Å². The van der Waals surface area contributed by atoms with Crippen molar-refractivity contribution in [1.29, 1.82) is 0 Å². The summed E-state index contributed by atoms with van der Waals surface area (Å²) in [5, 5.41) is 10.4. The predicted octanol–water partition coefficient (Wildman–Crippen LogP) is 2.20. The van der Waals surface area contributed by atoms with E-state index in [4.69, 9.17) is 0 Å². The van der Waals surface area contributed by atoms with Crippen LogP contribution in [0.3, 0.4) is 0 Å². The van der Waals surface area contributed by atoms with E-state index < -0.39 is 0 Å². The lowest BCUT2D eigenvalue weighted by atomic mass is 10.2. The molecule has 0 saturated carbocycles. The Balaban J connectivity index is 0.00000144. The zero-order valence-electron chi connectivity index (χ0n) is 13.1. The van der Waals surface area contributed by atoms with Gasteiger partial charge in [0.1, 0.15) is 12.7 Å². The SMILES string of the molecule is Cl.Cl.O=C(CC1CSCCN1)Nc1cccc(Cn2cncn2)c1. The van der Waals surface area contributed by atoms with Gasteiger partial charge < -0.3 is 10.6 Å². The zero-order valence-corrected chi connectivity index (χ0v) is 15.5. The van der Waals surface area contributed by atoms with Crippen molar-refractivity contribution in [1.82, 2.24) is 20.1 Å². The fourth-order valence-electron chi connectivity index (χ4n) is 2.44. The van der Waals surface area contributed by atoms with E-state index in [0.29, 0.717) is 13.0 Å². The van der Waals surface area contributed by atoms with Gasteiger partial charge in [-0.3, -0.25) is 4.79 Å². The van der Waals surface area contributed by atoms with Gasteiger partial charge in [-0.25, -0.2) is 9.67 Å². The first-order valence-corrected chi connectivity index (χ1v) is 8.47. The third-order valence-corrected chi connectivity index (χ3v) is 4.58. The highest BCUT2D eigenvalue weighted by Crippen LogP contribution is 2.14. The molecule has 1 aliphatic rings. The van der Waals surface area contributed by atoms with Crippen LogP contribution in [-0.4, -0.2) is 44.8 Å². The van der Waals surface area contributed by atoms with Crippen LogP contribution in [0, 0.1) is 0 Å². The van der Waals surface area contributed by atoms with Crippen LogP contribution in [0.4, 0.5) is 5.69 Å². The maximum absolute atomic E-state index is 12.1. The molecule has 1 amide bonds. The number of anilines is 1. The quantitative estimate of drug-likeness (QED) is 0.819. The van der Waals surface area contributed by atoms with E-state index in [9.17, 15) is 4.79 Å². The number of benzene rings is 1. The molecule has 3 rings (SSSR count). The monoisotopic (exact) mass is 389 g/mol. The summed E-state index contributed by atoms with van der Waals surface area (Å²) >= 11 is 1.90. The van der Waals surface area contributed by atoms with Crippen LogP contribution < -0.4 is 10.6 Å². The number of nitrogens with one attached hydrogen (secondary N) is 2. The Bertz CT molecular complexity index is 620. The second-order valence-electron chi connectivity index (χ2n) is 5.27. The zero-order chi connectivity index (χ0) is 15.2. The van der Waals surface area contributed by atoms with Gasteiger partial charge in [-0.1, -0.05) is 12.1 Å². The number of hydrogen-bond donors (Lipinski definition) is 2. The van der Waals surface area contributed by atoms with Gasteiger partial charge in [-0.15, -0.1) is 24.8 Å². The molecule has 1 unspecified atom stereocenters. The Morgan fingerprint density at radius 3 is 3.00 bits per heavy atom. The van der Waals surface area contributed by atoms with E-state index in [-0.39, 0.29) is 36.8 Å². The van der Waals surface area contributed by atoms with E-state index in [1.807, 2.05) is 36.0 Å². The number of halogens is 2. The summed E-state index contributed by atoms with van der Waals surface area (Å²) in [6.45, 7) is 1.63. The number of thioether (sulfide) groups is 1. The molecule has 6 nitrogen and oxygen atoms in total. The number of hydrogen-bond acceptors (Lipinski definition) is 5. The Morgan fingerprint density at radius 2 is 2.29 bits per heavy atom. The molecule has 0 bridgehead atoms. The highest BCUT2D eigenvalue weighted by atomic mass is 35.5. The van der Waals surface area contributed by atoms with Crippen molar-refractivity contribution in [3.63, 3.8) is 0 Å². The molecule has 2 heterocycles. The van der Waals surface area contributed by atoms with Gasteiger partial charge >= 0.3 is 0 Å². The summed E-state index contributed by atoms with van der Waals surface area (Å²) in [5.74, 6) is 2.18. The molecule has 2 N–H and O–H groups in total. The number of rotatable bonds is 5. The summed E-state index contributed by atoms with van der Waals surface area (Å²) in [7, 11) is 0. The van der Waals surface area contributed by atoms with Crippen molar-refractivity contribution in [2.45, 2.75) is 19.0 Å². The number of carbonyl (C=O) groups excluding carboxylic acids is 1. The average molecular weight is 390 g/mol. The Morgan fingerprint density at radius 1 is 1.42 bits per heavy atom. The normalized spacial score (nSPS) is 16.6. The fourth-order valence-corrected chi connectivity index (χ4v) is 3.38. The van der Waals surface area contributed by atoms with Crippen LogP contribution in [0.1, 0.15) is 12.0 Å². The first-order valence-electron chi connectivity index (χ1n) is 7.32. The smallest absolute Gasteiger partial charge is 0.225 e. The standard InChI is InChI=1S/C15H19N5OS.2ClH/c21-15(7-14-9-22-5-4-17-14)19-13-3-1-2-12(6-13)8-20-11-16-10-18-20;;/h1-3,6,10-11,14,17H,4-5,7-9H2,(H,19,21);2*1H. The Labute approximate surface area is 158 Å². The van der Waals surface area contributed by atoms with Crippen molar-refractivity contribution in [3.05, 3.63) is 42.5 Å². The van der Waals surface area contributed by atoms with Crippen LogP contribution in [-0.2, 0) is 11.3 Å². The van der Waals surface area contributed by atoms with E-state index in [0.717, 1.165) is 29.3 Å². The topological polar surface area (TPSA) is 71.8 Å². The fraction of sp³-hybridized carbons (Fsp3) is 0.400. The maximum atomic E-state index is 12.1. The molecule has 1 aliphatic heterocycles. The summed E-state index contributed by atoms with van der Waals surface area (Å²) in [5.41, 5.74) is 1.90. The van der Waals surface area contributed by atoms with Crippen molar-refractivity contribution in [2.24, 2.45) is 0 Å². The molecule has 0 radical (unpaired) electrons. The molecule has 0 spiro atoms. The minimum absolute atomic E-state index is 0. The molecule has 1 saturated heterocycles. The number of aromatic nitrogens is 3. The molecule has 132 valence electrons. The van der Waals surface area contributed by atoms with E-state index in [1.54, 1.807) is 11.0 Å². The van der Waals surface area contributed by atoms with Crippen LogP contribution in [0.25, 0.3) is 0 Å². The number of amides is 1. The van der Waals surface area contributed by atoms with Gasteiger partial charge in [-0.2, -0.15) is 16.9 Å². The highest BCUT2D eigenvalue weighted by molar-refractivity contribution is 7.99. The van der Waals surface area contributed by atoms with Gasteiger partial charge in [0.2, 0.25) is 5.91 Å². The van der Waals surface area contributed by atoms with Crippen LogP contribution in [0.15, 0.2) is 36.9 Å². The van der Waals surface area contributed by atoms with Crippen LogP contribution >= 0.6 is 36.6 Å². The van der Waals surface area contributed by atoms with Gasteiger partial charge in [0.15, 0.2) is 0 Å². The summed E-state index contributed by atoms with van der Waals surface area (Å²) < 4.78 is 1.75. The lowest BCUT2D eigenvalue weighted by Gasteiger charge is -2.22. The molecule has 1 atom stereocenters. The maximum Gasteiger partial charge on any atom is 0.225 e. The molecule has 1 fully saturated rings. The lowest BCUT2D eigenvalue weighted by Crippen LogP contribution is -2.39. The Kier molecular flexibility index (Phi) is 9.13. The van der Waals surface area contributed by atoms with E-state index in [1.165, 1.54) is 6.33 Å². The molecule has 24 heavy (non-hydrogen) atoms. The molecule has 0 aliphatic carbocycles. The minimum atomic E-state index is 0. The third-order valence-electron chi connectivity index (χ3n) is 3.45. The van der Waals surface area contributed by atoms with Crippen LogP contribution in [0.2, 0.25) is 0 Å². The molecular formula is C15H21Cl2N5OS. The second kappa shape index (κ2) is 10.6. The molecule has 1 aromatic carbocycles. The molecule has 2 aromatic rings. The van der Waals surface area contributed by atoms with Gasteiger partial charge in [0, 0.05) is 36.2 Å². The molecule has 9 heteroatoms. The summed E-state index contributed by atoms with van der Waals surface area (Å²) in [4.78, 5) is 16.0. The van der Waals surface area contributed by atoms with Crippen molar-refractivity contribution < 1.29 is 4.79 Å².